The SMILES string of the molecule is CC(C)CNCc1cn(CCCCc2ccccc2)nn1. The maximum absolute atomic E-state index is 4.20. The van der Waals surface area contributed by atoms with Crippen molar-refractivity contribution >= 4 is 0 Å². The van der Waals surface area contributed by atoms with Crippen molar-refractivity contribution in [2.24, 2.45) is 5.92 Å². The van der Waals surface area contributed by atoms with Gasteiger partial charge in [-0.25, -0.2) is 0 Å². The second-order valence-electron chi connectivity index (χ2n) is 5.94. The van der Waals surface area contributed by atoms with Crippen LogP contribution in [0.2, 0.25) is 0 Å². The van der Waals surface area contributed by atoms with E-state index in [1.54, 1.807) is 0 Å². The number of nitrogens with zero attached hydrogens (tertiary/aromatic N) is 3. The van der Waals surface area contributed by atoms with Crippen LogP contribution in [0.25, 0.3) is 0 Å². The van der Waals surface area contributed by atoms with Gasteiger partial charge in [0.25, 0.3) is 0 Å². The number of unbranched alkanes of at least 4 members (excludes halogenated alkanes) is 1. The Morgan fingerprint density at radius 2 is 1.95 bits per heavy atom. The maximum atomic E-state index is 4.20. The molecule has 0 unspecified atom stereocenters. The van der Waals surface area contributed by atoms with Gasteiger partial charge in [0.2, 0.25) is 0 Å². The van der Waals surface area contributed by atoms with Gasteiger partial charge in [0, 0.05) is 19.3 Å². The zero-order chi connectivity index (χ0) is 14.9. The van der Waals surface area contributed by atoms with Crippen LogP contribution in [0.1, 0.15) is 37.9 Å². The fraction of sp³-hybridized carbons (Fsp3) is 0.529. The van der Waals surface area contributed by atoms with E-state index in [0.717, 1.165) is 38.2 Å². The van der Waals surface area contributed by atoms with Crippen LogP contribution in [0.15, 0.2) is 36.5 Å². The van der Waals surface area contributed by atoms with Gasteiger partial charge in [0.1, 0.15) is 0 Å². The molecule has 0 aliphatic carbocycles. The molecular weight excluding hydrogens is 260 g/mol. The standard InChI is InChI=1S/C17H26N4/c1-15(2)12-18-13-17-14-21(20-19-17)11-7-6-10-16-8-4-3-5-9-16/h3-5,8-9,14-15,18H,6-7,10-13H2,1-2H3. The predicted molar refractivity (Wildman–Crippen MR) is 85.9 cm³/mol. The van der Waals surface area contributed by atoms with Gasteiger partial charge in [-0.1, -0.05) is 49.4 Å². The first-order valence-electron chi connectivity index (χ1n) is 7.87. The Kier molecular flexibility index (Phi) is 6.41. The van der Waals surface area contributed by atoms with E-state index in [0.29, 0.717) is 5.92 Å². The minimum absolute atomic E-state index is 0.665. The summed E-state index contributed by atoms with van der Waals surface area (Å²) in [7, 11) is 0. The van der Waals surface area contributed by atoms with Crippen molar-refractivity contribution in [3.05, 3.63) is 47.8 Å². The van der Waals surface area contributed by atoms with Crippen molar-refractivity contribution in [3.8, 4) is 0 Å². The van der Waals surface area contributed by atoms with E-state index in [4.69, 9.17) is 0 Å². The van der Waals surface area contributed by atoms with E-state index in [2.05, 4.69) is 66.0 Å². The van der Waals surface area contributed by atoms with Crippen LogP contribution in [0, 0.1) is 5.92 Å². The summed E-state index contributed by atoms with van der Waals surface area (Å²) in [4.78, 5) is 0. The Labute approximate surface area is 127 Å². The van der Waals surface area contributed by atoms with Gasteiger partial charge >= 0.3 is 0 Å². The van der Waals surface area contributed by atoms with Crippen LogP contribution in [0.5, 0.6) is 0 Å². The van der Waals surface area contributed by atoms with Crippen molar-refractivity contribution in [2.45, 2.75) is 46.2 Å². The molecule has 0 aliphatic heterocycles. The third kappa shape index (κ3) is 6.08. The highest BCUT2D eigenvalue weighted by atomic mass is 15.4. The van der Waals surface area contributed by atoms with E-state index in [9.17, 15) is 0 Å². The molecule has 0 bridgehead atoms. The molecule has 0 saturated carbocycles. The Morgan fingerprint density at radius 1 is 1.14 bits per heavy atom. The third-order valence-corrected chi connectivity index (χ3v) is 3.39. The lowest BCUT2D eigenvalue weighted by Crippen LogP contribution is -2.19. The fourth-order valence-electron chi connectivity index (χ4n) is 2.27. The summed E-state index contributed by atoms with van der Waals surface area (Å²) in [6, 6.07) is 10.6. The van der Waals surface area contributed by atoms with Crippen LogP contribution < -0.4 is 5.32 Å². The number of nitrogens with one attached hydrogen (secondary N) is 1. The van der Waals surface area contributed by atoms with Gasteiger partial charge in [0.05, 0.1) is 5.69 Å². The molecule has 0 spiro atoms. The highest BCUT2D eigenvalue weighted by Crippen LogP contribution is 2.05. The molecule has 1 aromatic carbocycles. The average molecular weight is 286 g/mol. The maximum Gasteiger partial charge on any atom is 0.0964 e. The first-order valence-corrected chi connectivity index (χ1v) is 7.87. The first kappa shape index (κ1) is 15.7. The molecule has 2 aromatic rings. The van der Waals surface area contributed by atoms with E-state index in [1.165, 1.54) is 12.0 Å². The third-order valence-electron chi connectivity index (χ3n) is 3.39. The number of hydrogen-bond donors (Lipinski definition) is 1. The van der Waals surface area contributed by atoms with Crippen LogP contribution in [-0.4, -0.2) is 21.5 Å². The van der Waals surface area contributed by atoms with Crippen molar-refractivity contribution in [3.63, 3.8) is 0 Å². The second kappa shape index (κ2) is 8.57. The van der Waals surface area contributed by atoms with Crippen LogP contribution in [0.4, 0.5) is 0 Å². The minimum Gasteiger partial charge on any atom is -0.311 e. The molecule has 0 aliphatic rings. The van der Waals surface area contributed by atoms with E-state index < -0.39 is 0 Å². The van der Waals surface area contributed by atoms with Crippen LogP contribution >= 0.6 is 0 Å². The molecule has 0 fully saturated rings. The number of aryl methyl sites for hydroxylation is 2. The summed E-state index contributed by atoms with van der Waals surface area (Å²) in [6.07, 6.45) is 5.51. The largest absolute Gasteiger partial charge is 0.311 e. The van der Waals surface area contributed by atoms with Crippen molar-refractivity contribution in [2.75, 3.05) is 6.54 Å². The zero-order valence-electron chi connectivity index (χ0n) is 13.1. The lowest BCUT2D eigenvalue weighted by Gasteiger charge is -2.04. The molecule has 2 rings (SSSR count). The van der Waals surface area contributed by atoms with Gasteiger partial charge in [-0.2, -0.15) is 0 Å². The van der Waals surface area contributed by atoms with Gasteiger partial charge in [-0.05, 0) is 37.3 Å². The van der Waals surface area contributed by atoms with Crippen LogP contribution in [0.3, 0.4) is 0 Å². The molecule has 4 heteroatoms. The Hall–Kier alpha value is -1.68. The summed E-state index contributed by atoms with van der Waals surface area (Å²) >= 11 is 0. The summed E-state index contributed by atoms with van der Waals surface area (Å²) < 4.78 is 1.96. The van der Waals surface area contributed by atoms with Crippen LogP contribution in [-0.2, 0) is 19.5 Å². The normalized spacial score (nSPS) is 11.2. The molecule has 0 amide bonds. The topological polar surface area (TPSA) is 42.7 Å². The lowest BCUT2D eigenvalue weighted by molar-refractivity contribution is 0.540. The van der Waals surface area contributed by atoms with Crippen molar-refractivity contribution in [1.82, 2.24) is 20.3 Å². The smallest absolute Gasteiger partial charge is 0.0964 e. The molecular formula is C17H26N4. The average Bonchev–Trinajstić information content (AvgIpc) is 2.92. The number of benzene rings is 1. The zero-order valence-corrected chi connectivity index (χ0v) is 13.1. The van der Waals surface area contributed by atoms with Gasteiger partial charge in [-0.15, -0.1) is 5.10 Å². The molecule has 114 valence electrons. The summed E-state index contributed by atoms with van der Waals surface area (Å²) in [5.41, 5.74) is 2.44. The number of aromatic nitrogens is 3. The van der Waals surface area contributed by atoms with Gasteiger partial charge < -0.3 is 5.32 Å². The first-order chi connectivity index (χ1) is 10.2. The van der Waals surface area contributed by atoms with E-state index in [-0.39, 0.29) is 0 Å². The van der Waals surface area contributed by atoms with E-state index >= 15 is 0 Å². The van der Waals surface area contributed by atoms with Crippen molar-refractivity contribution in [1.29, 1.82) is 0 Å². The minimum atomic E-state index is 0.665. The molecule has 0 atom stereocenters. The predicted octanol–water partition coefficient (Wildman–Crippen LogP) is 3.05. The second-order valence-corrected chi connectivity index (χ2v) is 5.94. The number of hydrogen-bond acceptors (Lipinski definition) is 3. The molecule has 4 nitrogen and oxygen atoms in total. The quantitative estimate of drug-likeness (QED) is 0.720. The van der Waals surface area contributed by atoms with E-state index in [1.807, 2.05) is 4.68 Å². The van der Waals surface area contributed by atoms with Crippen molar-refractivity contribution < 1.29 is 0 Å². The molecule has 1 aromatic heterocycles. The van der Waals surface area contributed by atoms with Gasteiger partial charge in [-0.3, -0.25) is 4.68 Å². The highest BCUT2D eigenvalue weighted by Gasteiger charge is 2.01. The Morgan fingerprint density at radius 3 is 2.71 bits per heavy atom. The Balaban J connectivity index is 1.63. The molecule has 0 radical (unpaired) electrons. The fourth-order valence-corrected chi connectivity index (χ4v) is 2.27. The monoisotopic (exact) mass is 286 g/mol. The molecule has 1 heterocycles. The summed E-state index contributed by atoms with van der Waals surface area (Å²) in [5.74, 6) is 0.665. The molecule has 0 saturated heterocycles. The summed E-state index contributed by atoms with van der Waals surface area (Å²) in [6.45, 7) is 7.18. The van der Waals surface area contributed by atoms with Gasteiger partial charge in [0.15, 0.2) is 0 Å². The molecule has 21 heavy (non-hydrogen) atoms. The molecule has 1 N–H and O–H groups in total. The number of rotatable bonds is 9. The highest BCUT2D eigenvalue weighted by molar-refractivity contribution is 5.14. The summed E-state index contributed by atoms with van der Waals surface area (Å²) in [5, 5.41) is 11.8. The Bertz CT molecular complexity index is 505. The lowest BCUT2D eigenvalue weighted by atomic mass is 10.1.